The number of nitrogens with one attached hydrogen (secondary N) is 3. The van der Waals surface area contributed by atoms with Crippen LogP contribution >= 0.6 is 0 Å². The summed E-state index contributed by atoms with van der Waals surface area (Å²) in [5.41, 5.74) is 0.804. The van der Waals surface area contributed by atoms with Crippen LogP contribution in [-0.4, -0.2) is 27.6 Å². The van der Waals surface area contributed by atoms with Crippen molar-refractivity contribution in [2.45, 2.75) is 58.3 Å². The first-order valence-corrected chi connectivity index (χ1v) is 7.99. The van der Waals surface area contributed by atoms with E-state index in [9.17, 15) is 9.59 Å². The van der Waals surface area contributed by atoms with Crippen molar-refractivity contribution < 1.29 is 9.59 Å². The van der Waals surface area contributed by atoms with Crippen molar-refractivity contribution in [2.24, 2.45) is 5.92 Å². The molecule has 7 nitrogen and oxygen atoms in total. The summed E-state index contributed by atoms with van der Waals surface area (Å²) in [5, 5.41) is 13.6. The molecule has 2 aliphatic rings. The average molecular weight is 305 g/mol. The topological polar surface area (TPSA) is 88.1 Å². The van der Waals surface area contributed by atoms with Crippen LogP contribution in [0.3, 0.4) is 0 Å². The highest BCUT2D eigenvalue weighted by Crippen LogP contribution is 2.28. The monoisotopic (exact) mass is 305 g/mol. The van der Waals surface area contributed by atoms with Crippen molar-refractivity contribution in [3.8, 4) is 0 Å². The van der Waals surface area contributed by atoms with Crippen LogP contribution in [0.1, 0.15) is 51.0 Å². The number of carbonyl (C=O) groups is 2. The van der Waals surface area contributed by atoms with E-state index in [1.54, 1.807) is 4.68 Å². The molecule has 0 aromatic carbocycles. The normalized spacial score (nSPS) is 25.5. The fourth-order valence-corrected chi connectivity index (χ4v) is 2.86. The second kappa shape index (κ2) is 6.08. The molecule has 1 saturated heterocycles. The number of hydrogen-bond acceptors (Lipinski definition) is 4. The Labute approximate surface area is 129 Å². The van der Waals surface area contributed by atoms with Gasteiger partial charge in [0.2, 0.25) is 11.8 Å². The molecule has 2 fully saturated rings. The molecular weight excluding hydrogens is 282 g/mol. The molecule has 1 saturated carbocycles. The number of aryl methyl sites for hydroxylation is 1. The minimum Gasteiger partial charge on any atom is -0.322 e. The van der Waals surface area contributed by atoms with E-state index < -0.39 is 6.29 Å². The number of rotatable bonds is 4. The zero-order valence-electron chi connectivity index (χ0n) is 13.1. The molecule has 2 amide bonds. The molecule has 2 atom stereocenters. The van der Waals surface area contributed by atoms with Crippen LogP contribution in [0.4, 0.5) is 5.82 Å². The van der Waals surface area contributed by atoms with Gasteiger partial charge in [0.1, 0.15) is 5.82 Å². The fourth-order valence-electron chi connectivity index (χ4n) is 2.86. The van der Waals surface area contributed by atoms with Crippen LogP contribution < -0.4 is 16.0 Å². The summed E-state index contributed by atoms with van der Waals surface area (Å²) in [6.07, 6.45) is 3.95. The number of anilines is 1. The highest BCUT2D eigenvalue weighted by atomic mass is 16.2. The predicted octanol–water partition coefficient (Wildman–Crippen LogP) is 1.27. The van der Waals surface area contributed by atoms with Crippen molar-refractivity contribution in [3.63, 3.8) is 0 Å². The van der Waals surface area contributed by atoms with E-state index in [0.29, 0.717) is 12.2 Å². The molecule has 2 heterocycles. The zero-order valence-corrected chi connectivity index (χ0v) is 13.1. The van der Waals surface area contributed by atoms with Crippen LogP contribution in [0.25, 0.3) is 0 Å². The third-order valence-corrected chi connectivity index (χ3v) is 4.45. The van der Waals surface area contributed by atoms with Gasteiger partial charge in [-0.1, -0.05) is 13.3 Å². The highest BCUT2D eigenvalue weighted by molar-refractivity contribution is 5.92. The standard InChI is InChI=1S/C15H23N5O2/c1-3-11-8-13(21)18-15(16-11)20-12(7-9(2)19-20)17-14(22)10-5-4-6-10/h7,10-11,15-16H,3-6,8H2,1-2H3,(H,17,22)(H,18,21). The smallest absolute Gasteiger partial charge is 0.228 e. The third kappa shape index (κ3) is 2.99. The molecule has 1 aromatic rings. The van der Waals surface area contributed by atoms with Gasteiger partial charge in [0.15, 0.2) is 6.29 Å². The maximum absolute atomic E-state index is 12.2. The maximum Gasteiger partial charge on any atom is 0.228 e. The van der Waals surface area contributed by atoms with Gasteiger partial charge in [-0.15, -0.1) is 0 Å². The van der Waals surface area contributed by atoms with E-state index in [-0.39, 0.29) is 23.8 Å². The number of hydrogen-bond donors (Lipinski definition) is 3. The fraction of sp³-hybridized carbons (Fsp3) is 0.667. The minimum atomic E-state index is -0.420. The Kier molecular flexibility index (Phi) is 4.15. The summed E-state index contributed by atoms with van der Waals surface area (Å²) in [5.74, 6) is 0.784. The van der Waals surface area contributed by atoms with Gasteiger partial charge in [-0.3, -0.25) is 14.9 Å². The van der Waals surface area contributed by atoms with Gasteiger partial charge in [-0.2, -0.15) is 5.10 Å². The number of aromatic nitrogens is 2. The first kappa shape index (κ1) is 15.0. The summed E-state index contributed by atoms with van der Waals surface area (Å²) < 4.78 is 1.66. The third-order valence-electron chi connectivity index (χ3n) is 4.45. The van der Waals surface area contributed by atoms with E-state index in [1.807, 2.05) is 19.9 Å². The summed E-state index contributed by atoms with van der Waals surface area (Å²) >= 11 is 0. The first-order chi connectivity index (χ1) is 10.6. The summed E-state index contributed by atoms with van der Waals surface area (Å²) in [6, 6.07) is 1.96. The Balaban J connectivity index is 1.77. The lowest BCUT2D eigenvalue weighted by Gasteiger charge is -2.32. The van der Waals surface area contributed by atoms with Gasteiger partial charge in [-0.05, 0) is 26.2 Å². The Bertz CT molecular complexity index is 578. The lowest BCUT2D eigenvalue weighted by molar-refractivity contribution is -0.125. The SMILES string of the molecule is CCC1CC(=O)NC(n2nc(C)cc2NC(=O)C2CCC2)N1. The van der Waals surface area contributed by atoms with Gasteiger partial charge in [0.25, 0.3) is 0 Å². The van der Waals surface area contributed by atoms with Crippen LogP contribution in [0, 0.1) is 12.8 Å². The highest BCUT2D eigenvalue weighted by Gasteiger charge is 2.30. The lowest BCUT2D eigenvalue weighted by atomic mass is 9.85. The van der Waals surface area contributed by atoms with E-state index in [1.165, 1.54) is 0 Å². The van der Waals surface area contributed by atoms with Gasteiger partial charge in [-0.25, -0.2) is 4.68 Å². The second-order valence-corrected chi connectivity index (χ2v) is 6.18. The predicted molar refractivity (Wildman–Crippen MR) is 81.9 cm³/mol. The van der Waals surface area contributed by atoms with Crippen molar-refractivity contribution in [2.75, 3.05) is 5.32 Å². The lowest BCUT2D eigenvalue weighted by Crippen LogP contribution is -2.53. The molecular formula is C15H23N5O2. The molecule has 120 valence electrons. The van der Waals surface area contributed by atoms with E-state index in [0.717, 1.165) is 31.4 Å². The summed E-state index contributed by atoms with van der Waals surface area (Å²) in [6.45, 7) is 3.92. The van der Waals surface area contributed by atoms with Gasteiger partial charge in [0.05, 0.1) is 5.69 Å². The molecule has 0 spiro atoms. The van der Waals surface area contributed by atoms with E-state index in [4.69, 9.17) is 0 Å². The molecule has 3 N–H and O–H groups in total. The first-order valence-electron chi connectivity index (χ1n) is 7.99. The van der Waals surface area contributed by atoms with Crippen LogP contribution in [0.5, 0.6) is 0 Å². The molecule has 22 heavy (non-hydrogen) atoms. The second-order valence-electron chi connectivity index (χ2n) is 6.18. The van der Waals surface area contributed by atoms with Crippen molar-refractivity contribution in [1.82, 2.24) is 20.4 Å². The molecule has 1 aliphatic carbocycles. The minimum absolute atomic E-state index is 0.0000208. The average Bonchev–Trinajstić information content (AvgIpc) is 2.76. The number of amides is 2. The van der Waals surface area contributed by atoms with Crippen molar-refractivity contribution in [3.05, 3.63) is 11.8 Å². The Morgan fingerprint density at radius 2 is 2.27 bits per heavy atom. The van der Waals surface area contributed by atoms with E-state index in [2.05, 4.69) is 21.0 Å². The molecule has 2 unspecified atom stereocenters. The number of nitrogens with zero attached hydrogens (tertiary/aromatic N) is 2. The summed E-state index contributed by atoms with van der Waals surface area (Å²) in [4.78, 5) is 24.0. The Morgan fingerprint density at radius 3 is 2.91 bits per heavy atom. The van der Waals surface area contributed by atoms with Crippen molar-refractivity contribution in [1.29, 1.82) is 0 Å². The maximum atomic E-state index is 12.2. The van der Waals surface area contributed by atoms with Gasteiger partial charge >= 0.3 is 0 Å². The molecule has 0 radical (unpaired) electrons. The number of carbonyl (C=O) groups excluding carboxylic acids is 2. The molecule has 1 aromatic heterocycles. The molecule has 1 aliphatic heterocycles. The molecule has 0 bridgehead atoms. The molecule has 7 heteroatoms. The van der Waals surface area contributed by atoms with Crippen LogP contribution in [-0.2, 0) is 9.59 Å². The van der Waals surface area contributed by atoms with Gasteiger partial charge < -0.3 is 10.6 Å². The molecule has 3 rings (SSSR count). The van der Waals surface area contributed by atoms with Crippen LogP contribution in [0.15, 0.2) is 6.07 Å². The van der Waals surface area contributed by atoms with Crippen molar-refractivity contribution >= 4 is 17.6 Å². The Morgan fingerprint density at radius 1 is 1.50 bits per heavy atom. The van der Waals surface area contributed by atoms with Gasteiger partial charge in [0, 0.05) is 24.4 Å². The largest absolute Gasteiger partial charge is 0.322 e. The quantitative estimate of drug-likeness (QED) is 0.782. The van der Waals surface area contributed by atoms with E-state index >= 15 is 0 Å². The Hall–Kier alpha value is -1.89. The zero-order chi connectivity index (χ0) is 15.7. The summed E-state index contributed by atoms with van der Waals surface area (Å²) in [7, 11) is 0. The van der Waals surface area contributed by atoms with Crippen LogP contribution in [0.2, 0.25) is 0 Å².